The summed E-state index contributed by atoms with van der Waals surface area (Å²) in [5.74, 6) is -7.93. The molecule has 8 amide bonds. The number of urea groups is 2. The quantitative estimate of drug-likeness (QED) is 0.130. The van der Waals surface area contributed by atoms with Crippen LogP contribution in [0.2, 0.25) is 0 Å². The molecule has 6 aliphatic heterocycles. The van der Waals surface area contributed by atoms with Gasteiger partial charge in [0.05, 0.1) is 0 Å². The number of hydrogen-bond donors (Lipinski definition) is 2. The van der Waals surface area contributed by atoms with E-state index in [1.807, 2.05) is 0 Å². The van der Waals surface area contributed by atoms with Crippen LogP contribution in [0.3, 0.4) is 0 Å². The van der Waals surface area contributed by atoms with Crippen molar-refractivity contribution in [1.29, 1.82) is 0 Å². The van der Waals surface area contributed by atoms with Gasteiger partial charge in [0, 0.05) is 87.9 Å². The third-order valence-corrected chi connectivity index (χ3v) is 15.5. The van der Waals surface area contributed by atoms with E-state index < -0.39 is 84.2 Å². The fourth-order valence-corrected chi connectivity index (χ4v) is 11.6. The smallest absolute Gasteiger partial charge is 0.343 e. The number of hydrogen-bond acceptors (Lipinski definition) is 10. The molecule has 2 aromatic heterocycles. The van der Waals surface area contributed by atoms with E-state index in [2.05, 4.69) is 31.0 Å². The molecule has 420 valence electrons. The second-order valence-electron chi connectivity index (χ2n) is 20.6. The van der Waals surface area contributed by atoms with Gasteiger partial charge >= 0.3 is 24.4 Å². The van der Waals surface area contributed by atoms with Crippen LogP contribution in [-0.2, 0) is 45.1 Å². The summed E-state index contributed by atoms with van der Waals surface area (Å²) in [5, 5.41) is 20.0. The molecule has 2 N–H and O–H groups in total. The molecule has 0 radical (unpaired) electrons. The Labute approximate surface area is 438 Å². The molecule has 18 nitrogen and oxygen atoms in total. The molecule has 0 saturated carbocycles. The highest BCUT2D eigenvalue weighted by Gasteiger charge is 2.41. The van der Waals surface area contributed by atoms with E-state index in [1.54, 1.807) is 9.80 Å². The van der Waals surface area contributed by atoms with Gasteiger partial charge in [-0.2, -0.15) is 26.3 Å². The molecule has 6 aliphatic rings. The molecule has 0 bridgehead atoms. The van der Waals surface area contributed by atoms with Crippen molar-refractivity contribution in [2.45, 2.75) is 138 Å². The Morgan fingerprint density at radius 3 is 1.23 bits per heavy atom. The number of carbonyl (C=O) groups excluding carboxylic acids is 6. The number of nitrogens with zero attached hydrogens (tertiary/aromatic N) is 10. The molecule has 10 rings (SSSR count). The summed E-state index contributed by atoms with van der Waals surface area (Å²) in [4.78, 5) is 79.6. The van der Waals surface area contributed by atoms with Gasteiger partial charge in [0.25, 0.3) is 0 Å². The fourth-order valence-electron chi connectivity index (χ4n) is 11.6. The summed E-state index contributed by atoms with van der Waals surface area (Å²) in [7, 11) is 0. The van der Waals surface area contributed by atoms with Crippen molar-refractivity contribution in [3.05, 3.63) is 94.1 Å². The van der Waals surface area contributed by atoms with E-state index in [1.165, 1.54) is 43.2 Å². The van der Waals surface area contributed by atoms with Crippen LogP contribution in [0.5, 0.6) is 0 Å². The Kier molecular flexibility index (Phi) is 16.2. The first kappa shape index (κ1) is 55.6. The van der Waals surface area contributed by atoms with E-state index in [4.69, 9.17) is 0 Å². The molecular weight excluding hydrogens is 1050 g/mol. The molecule has 4 saturated heterocycles. The van der Waals surface area contributed by atoms with Crippen molar-refractivity contribution in [2.24, 2.45) is 0 Å². The molecule has 0 spiro atoms. The van der Waals surface area contributed by atoms with Crippen molar-refractivity contribution < 1.29 is 72.7 Å². The Hall–Kier alpha value is -7.16. The second-order valence-corrected chi connectivity index (χ2v) is 20.6. The minimum Gasteiger partial charge on any atom is -0.343 e. The van der Waals surface area contributed by atoms with Crippen molar-refractivity contribution in [3.63, 3.8) is 0 Å². The Morgan fingerprint density at radius 1 is 0.526 bits per heavy atom. The van der Waals surface area contributed by atoms with Crippen LogP contribution in [0.15, 0.2) is 36.4 Å². The number of amides is 8. The van der Waals surface area contributed by atoms with Crippen LogP contribution in [0.25, 0.3) is 0 Å². The van der Waals surface area contributed by atoms with Gasteiger partial charge in [0.15, 0.2) is 23.3 Å². The number of nitrogens with one attached hydrogen (secondary N) is 2. The number of fused-ring (bicyclic) bond motifs is 2. The van der Waals surface area contributed by atoms with Crippen LogP contribution in [-0.4, -0.2) is 149 Å². The summed E-state index contributed by atoms with van der Waals surface area (Å²) < 4.78 is 139. The number of alkyl halides is 6. The van der Waals surface area contributed by atoms with Gasteiger partial charge in [-0.25, -0.2) is 27.2 Å². The largest absolute Gasteiger partial charge is 0.396 e. The Bertz CT molecular complexity index is 2740. The zero-order valence-electron chi connectivity index (χ0n) is 41.8. The molecule has 2 aromatic carbocycles. The van der Waals surface area contributed by atoms with Gasteiger partial charge in [0.1, 0.15) is 49.2 Å². The summed E-state index contributed by atoms with van der Waals surface area (Å²) in [6.45, 7) is 1.27. The summed E-state index contributed by atoms with van der Waals surface area (Å²) >= 11 is 0. The lowest BCUT2D eigenvalue weighted by Crippen LogP contribution is -2.47. The van der Waals surface area contributed by atoms with E-state index in [9.17, 15) is 72.7 Å². The highest BCUT2D eigenvalue weighted by molar-refractivity contribution is 6.02. The Balaban J connectivity index is 0.000000190. The van der Waals surface area contributed by atoms with Gasteiger partial charge in [-0.1, -0.05) is 24.3 Å². The number of imide groups is 2. The molecule has 4 atom stereocenters. The number of halogens is 10. The van der Waals surface area contributed by atoms with Crippen molar-refractivity contribution in [1.82, 2.24) is 59.8 Å². The lowest BCUT2D eigenvalue weighted by Gasteiger charge is -2.36. The normalized spacial score (nSPS) is 22.6. The van der Waals surface area contributed by atoms with Crippen LogP contribution in [0.1, 0.15) is 122 Å². The average Bonchev–Trinajstić information content (AvgIpc) is 4.15. The maximum absolute atomic E-state index is 14.6. The topological polar surface area (TPSA) is 201 Å². The second kappa shape index (κ2) is 22.7. The molecule has 28 heteroatoms. The molecule has 4 fully saturated rings. The number of rotatable bonds is 10. The van der Waals surface area contributed by atoms with Crippen LogP contribution in [0, 0.1) is 23.3 Å². The van der Waals surface area contributed by atoms with Crippen molar-refractivity contribution in [3.8, 4) is 0 Å². The number of aromatic nitrogens is 6. The van der Waals surface area contributed by atoms with Crippen molar-refractivity contribution in [2.75, 3.05) is 39.3 Å². The van der Waals surface area contributed by atoms with E-state index in [-0.39, 0.29) is 109 Å². The maximum Gasteiger partial charge on any atom is 0.396 e. The lowest BCUT2D eigenvalue weighted by molar-refractivity contribution is -0.134. The SMILES string of the molecule is O=C1CN(C2CCN(C(=O)C[C@@H]3CC[C@H](c4cccc(F)c4F)Cn4c(CC(F)(F)F)nnc43)CC2)C(=O)N1.O=C1CN(C2CCN(C(=O)C[C@H]3CC[C@@H](c4cccc(F)c4F)Cn4c(CC(F)(F)F)nnc43)CC2)C(=O)N1. The van der Waals surface area contributed by atoms with Crippen LogP contribution in [0.4, 0.5) is 53.5 Å². The number of carbonyl (C=O) groups is 6. The first-order chi connectivity index (χ1) is 37.0. The molecule has 0 aliphatic carbocycles. The summed E-state index contributed by atoms with van der Waals surface area (Å²) in [5.41, 5.74) is 0.122. The molecular formula is C50H54F10N12O6. The molecule has 4 aromatic rings. The first-order valence-electron chi connectivity index (χ1n) is 25.6. The lowest BCUT2D eigenvalue weighted by atomic mass is 9.89. The summed E-state index contributed by atoms with van der Waals surface area (Å²) in [6.07, 6.45) is -8.61. The standard InChI is InChI=1S/2C25H27F5N6O3/c2*26-18-3-1-2-17(22(18)27)15-5-4-14(23-33-32-19(36(23)12-15)11-25(28,29)30)10-21(38)34-8-6-16(7-9-34)35-13-20(37)31-24(35)39/h2*1-3,14-16H,4-13H2,(H,31,37,39)/t2*14-,15-/m10/s1. The van der Waals surface area contributed by atoms with Crippen LogP contribution < -0.4 is 10.6 Å². The molecule has 78 heavy (non-hydrogen) atoms. The minimum atomic E-state index is -4.55. The number of piperidine rings is 2. The van der Waals surface area contributed by atoms with Gasteiger partial charge < -0.3 is 28.7 Å². The molecule has 8 heterocycles. The molecule has 0 unspecified atom stereocenters. The predicted octanol–water partition coefficient (Wildman–Crippen LogP) is 6.51. The average molecular weight is 1110 g/mol. The van der Waals surface area contributed by atoms with E-state index in [0.717, 1.165) is 12.1 Å². The predicted molar refractivity (Wildman–Crippen MR) is 251 cm³/mol. The highest BCUT2D eigenvalue weighted by atomic mass is 19.4. The van der Waals surface area contributed by atoms with E-state index >= 15 is 0 Å². The number of likely N-dealkylation sites (tertiary alicyclic amines) is 2. The first-order valence-corrected chi connectivity index (χ1v) is 25.6. The monoisotopic (exact) mass is 1110 g/mol. The van der Waals surface area contributed by atoms with E-state index in [0.29, 0.717) is 77.5 Å². The van der Waals surface area contributed by atoms with Gasteiger partial charge in [-0.3, -0.25) is 29.8 Å². The highest BCUT2D eigenvalue weighted by Crippen LogP contribution is 2.40. The van der Waals surface area contributed by atoms with Crippen molar-refractivity contribution >= 4 is 35.7 Å². The zero-order chi connectivity index (χ0) is 55.8. The minimum absolute atomic E-state index is 0.0114. The zero-order valence-corrected chi connectivity index (χ0v) is 41.8. The van der Waals surface area contributed by atoms with Gasteiger partial charge in [-0.15, -0.1) is 20.4 Å². The third kappa shape index (κ3) is 12.6. The number of benzene rings is 2. The Morgan fingerprint density at radius 2 is 0.897 bits per heavy atom. The fraction of sp³-hybridized carbons (Fsp3) is 0.560. The third-order valence-electron chi connectivity index (χ3n) is 15.5. The maximum atomic E-state index is 14.6. The summed E-state index contributed by atoms with van der Waals surface area (Å²) in [6, 6.07) is 6.27. The van der Waals surface area contributed by atoms with Crippen LogP contribution >= 0.6 is 0 Å². The van der Waals surface area contributed by atoms with Gasteiger partial charge in [0.2, 0.25) is 23.6 Å². The van der Waals surface area contributed by atoms with Gasteiger partial charge in [-0.05, 0) is 74.6 Å².